The van der Waals surface area contributed by atoms with Crippen molar-refractivity contribution in [1.29, 1.82) is 0 Å². The zero-order valence-corrected chi connectivity index (χ0v) is 12.6. The number of amides is 1. The molecular weight excluding hydrogens is 272 g/mol. The van der Waals surface area contributed by atoms with E-state index in [-0.39, 0.29) is 5.91 Å². The van der Waals surface area contributed by atoms with Gasteiger partial charge in [-0.05, 0) is 55.5 Å². The highest BCUT2D eigenvalue weighted by Gasteiger charge is 2.20. The topological polar surface area (TPSA) is 46.3 Å². The normalized spacial score (nSPS) is 16.9. The minimum absolute atomic E-state index is 0.0668. The highest BCUT2D eigenvalue weighted by atomic mass is 35.5. The molecule has 2 N–H and O–H groups in total. The van der Waals surface area contributed by atoms with Gasteiger partial charge in [0.1, 0.15) is 0 Å². The fraction of sp³-hybridized carbons (Fsp3) is 0.438. The molecule has 0 unspecified atom stereocenters. The van der Waals surface area contributed by atoms with E-state index in [1.165, 1.54) is 0 Å². The molecule has 0 aliphatic carbocycles. The van der Waals surface area contributed by atoms with E-state index < -0.39 is 0 Å². The number of aryl methyl sites for hydroxylation is 1. The number of likely N-dealkylation sites (tertiary alicyclic amines) is 1. The molecule has 1 aliphatic rings. The van der Waals surface area contributed by atoms with E-state index >= 15 is 0 Å². The molecule has 0 bridgehead atoms. The molecule has 1 amide bonds. The molecule has 4 heteroatoms. The molecule has 1 fully saturated rings. The van der Waals surface area contributed by atoms with E-state index in [0.717, 1.165) is 48.6 Å². The maximum absolute atomic E-state index is 12.1. The lowest BCUT2D eigenvalue weighted by Gasteiger charge is -2.30. The number of halogens is 1. The SMILES string of the molecule is Cc1ccc(C=CC(=O)N2CCC(CN)CC2)cc1Cl. The van der Waals surface area contributed by atoms with E-state index in [0.29, 0.717) is 5.92 Å². The zero-order chi connectivity index (χ0) is 14.5. The molecule has 3 nitrogen and oxygen atoms in total. The van der Waals surface area contributed by atoms with Crippen molar-refractivity contribution in [2.45, 2.75) is 19.8 Å². The average Bonchev–Trinajstić information content (AvgIpc) is 2.48. The summed E-state index contributed by atoms with van der Waals surface area (Å²) < 4.78 is 0. The first-order valence-corrected chi connectivity index (χ1v) is 7.41. The smallest absolute Gasteiger partial charge is 0.246 e. The van der Waals surface area contributed by atoms with Gasteiger partial charge < -0.3 is 10.6 Å². The second-order valence-electron chi connectivity index (χ2n) is 5.35. The molecule has 1 aromatic rings. The van der Waals surface area contributed by atoms with Crippen molar-refractivity contribution in [1.82, 2.24) is 4.90 Å². The van der Waals surface area contributed by atoms with Gasteiger partial charge in [-0.1, -0.05) is 23.7 Å². The van der Waals surface area contributed by atoms with Crippen molar-refractivity contribution in [3.05, 3.63) is 40.4 Å². The summed E-state index contributed by atoms with van der Waals surface area (Å²) in [4.78, 5) is 14.0. The van der Waals surface area contributed by atoms with Crippen LogP contribution in [0.4, 0.5) is 0 Å². The molecule has 0 spiro atoms. The predicted molar refractivity (Wildman–Crippen MR) is 83.6 cm³/mol. The summed E-state index contributed by atoms with van der Waals surface area (Å²) in [7, 11) is 0. The molecule has 0 saturated carbocycles. The first kappa shape index (κ1) is 15.1. The van der Waals surface area contributed by atoms with Crippen molar-refractivity contribution in [2.75, 3.05) is 19.6 Å². The van der Waals surface area contributed by atoms with Crippen LogP contribution >= 0.6 is 11.6 Å². The van der Waals surface area contributed by atoms with Gasteiger partial charge in [0.25, 0.3) is 0 Å². The molecule has 0 aromatic heterocycles. The number of carbonyl (C=O) groups is 1. The van der Waals surface area contributed by atoms with Crippen LogP contribution in [0.25, 0.3) is 6.08 Å². The first-order valence-electron chi connectivity index (χ1n) is 7.03. The number of carbonyl (C=O) groups excluding carboxylic acids is 1. The van der Waals surface area contributed by atoms with Gasteiger partial charge in [0.2, 0.25) is 5.91 Å². The van der Waals surface area contributed by atoms with Gasteiger partial charge in [-0.15, -0.1) is 0 Å². The molecular formula is C16H21ClN2O. The minimum atomic E-state index is 0.0668. The second-order valence-corrected chi connectivity index (χ2v) is 5.75. The predicted octanol–water partition coefficient (Wildman–Crippen LogP) is 2.86. The van der Waals surface area contributed by atoms with Gasteiger partial charge in [0.15, 0.2) is 0 Å². The Hall–Kier alpha value is -1.32. The molecule has 0 atom stereocenters. The summed E-state index contributed by atoms with van der Waals surface area (Å²) in [6, 6.07) is 5.80. The lowest BCUT2D eigenvalue weighted by Crippen LogP contribution is -2.39. The highest BCUT2D eigenvalue weighted by molar-refractivity contribution is 6.31. The molecule has 1 aliphatic heterocycles. The van der Waals surface area contributed by atoms with E-state index in [1.54, 1.807) is 6.08 Å². The Kier molecular flexibility index (Phi) is 5.21. The molecule has 108 valence electrons. The Labute approximate surface area is 125 Å². The highest BCUT2D eigenvalue weighted by Crippen LogP contribution is 2.18. The fourth-order valence-corrected chi connectivity index (χ4v) is 2.56. The van der Waals surface area contributed by atoms with Crippen LogP contribution in [-0.4, -0.2) is 30.4 Å². The third kappa shape index (κ3) is 3.84. The second kappa shape index (κ2) is 6.91. The standard InChI is InChI=1S/C16H21ClN2O/c1-12-2-3-13(10-15(12)17)4-5-16(20)19-8-6-14(11-18)7-9-19/h2-5,10,14H,6-9,11,18H2,1H3. The third-order valence-corrected chi connectivity index (χ3v) is 4.28. The Balaban J connectivity index is 1.94. The molecule has 1 heterocycles. The Morgan fingerprint density at radius 1 is 1.45 bits per heavy atom. The summed E-state index contributed by atoms with van der Waals surface area (Å²) in [5.41, 5.74) is 7.65. The first-order chi connectivity index (χ1) is 9.60. The van der Waals surface area contributed by atoms with Crippen LogP contribution in [0.1, 0.15) is 24.0 Å². The van der Waals surface area contributed by atoms with Gasteiger partial charge in [-0.3, -0.25) is 4.79 Å². The Bertz CT molecular complexity index is 505. The van der Waals surface area contributed by atoms with Crippen molar-refractivity contribution < 1.29 is 4.79 Å². The fourth-order valence-electron chi connectivity index (χ4n) is 2.37. The summed E-state index contributed by atoms with van der Waals surface area (Å²) in [6.07, 6.45) is 5.46. The van der Waals surface area contributed by atoms with E-state index in [4.69, 9.17) is 17.3 Å². The van der Waals surface area contributed by atoms with Gasteiger partial charge in [0.05, 0.1) is 0 Å². The zero-order valence-electron chi connectivity index (χ0n) is 11.8. The molecule has 0 radical (unpaired) electrons. The largest absolute Gasteiger partial charge is 0.339 e. The molecule has 1 saturated heterocycles. The Morgan fingerprint density at radius 2 is 2.15 bits per heavy atom. The van der Waals surface area contributed by atoms with E-state index in [9.17, 15) is 4.79 Å². The Morgan fingerprint density at radius 3 is 2.75 bits per heavy atom. The number of nitrogens with zero attached hydrogens (tertiary/aromatic N) is 1. The van der Waals surface area contributed by atoms with Crippen LogP contribution in [-0.2, 0) is 4.79 Å². The average molecular weight is 293 g/mol. The monoisotopic (exact) mass is 292 g/mol. The number of nitrogens with two attached hydrogens (primary N) is 1. The number of benzene rings is 1. The van der Waals surface area contributed by atoms with Crippen molar-refractivity contribution >= 4 is 23.6 Å². The van der Waals surface area contributed by atoms with Gasteiger partial charge >= 0.3 is 0 Å². The summed E-state index contributed by atoms with van der Waals surface area (Å²) >= 11 is 6.07. The maximum Gasteiger partial charge on any atom is 0.246 e. The van der Waals surface area contributed by atoms with E-state index in [1.807, 2.05) is 36.1 Å². The van der Waals surface area contributed by atoms with Crippen molar-refractivity contribution in [3.8, 4) is 0 Å². The maximum atomic E-state index is 12.1. The van der Waals surface area contributed by atoms with Gasteiger partial charge in [-0.25, -0.2) is 0 Å². The summed E-state index contributed by atoms with van der Waals surface area (Å²) in [5.74, 6) is 0.635. The third-order valence-electron chi connectivity index (χ3n) is 3.87. The summed E-state index contributed by atoms with van der Waals surface area (Å²) in [6.45, 7) is 4.29. The van der Waals surface area contributed by atoms with Crippen LogP contribution in [0.3, 0.4) is 0 Å². The number of hydrogen-bond donors (Lipinski definition) is 1. The summed E-state index contributed by atoms with van der Waals surface area (Å²) in [5, 5.41) is 0.725. The number of piperidine rings is 1. The van der Waals surface area contributed by atoms with Gasteiger partial charge in [-0.2, -0.15) is 0 Å². The quantitative estimate of drug-likeness (QED) is 0.871. The number of hydrogen-bond acceptors (Lipinski definition) is 2. The lowest BCUT2D eigenvalue weighted by molar-refractivity contribution is -0.127. The van der Waals surface area contributed by atoms with Gasteiger partial charge in [0, 0.05) is 24.2 Å². The van der Waals surface area contributed by atoms with Crippen LogP contribution in [0, 0.1) is 12.8 Å². The molecule has 2 rings (SSSR count). The number of rotatable bonds is 3. The molecule has 1 aromatic carbocycles. The minimum Gasteiger partial charge on any atom is -0.339 e. The van der Waals surface area contributed by atoms with Crippen LogP contribution in [0.2, 0.25) is 5.02 Å². The van der Waals surface area contributed by atoms with Crippen molar-refractivity contribution in [3.63, 3.8) is 0 Å². The van der Waals surface area contributed by atoms with Crippen molar-refractivity contribution in [2.24, 2.45) is 11.7 Å². The van der Waals surface area contributed by atoms with Crippen LogP contribution < -0.4 is 5.73 Å². The lowest BCUT2D eigenvalue weighted by atomic mass is 9.97. The molecule has 20 heavy (non-hydrogen) atoms. The van der Waals surface area contributed by atoms with Crippen LogP contribution in [0.5, 0.6) is 0 Å². The van der Waals surface area contributed by atoms with E-state index in [2.05, 4.69) is 0 Å². The van der Waals surface area contributed by atoms with Crippen LogP contribution in [0.15, 0.2) is 24.3 Å².